The molecule has 0 radical (unpaired) electrons. The fourth-order valence-electron chi connectivity index (χ4n) is 2.30. The van der Waals surface area contributed by atoms with Gasteiger partial charge in [-0.05, 0) is 18.2 Å². The molecule has 6 nitrogen and oxygen atoms in total. The molecule has 0 aliphatic heterocycles. The molecule has 3 rings (SSSR count). The van der Waals surface area contributed by atoms with E-state index in [-0.39, 0.29) is 11.8 Å². The Balaban J connectivity index is 1.84. The number of para-hydroxylation sites is 1. The summed E-state index contributed by atoms with van der Waals surface area (Å²) in [6.45, 7) is 1.50. The molecule has 0 fully saturated rings. The average Bonchev–Trinajstić information content (AvgIpc) is 2.95. The fraction of sp³-hybridized carbons (Fsp3) is 0.0588. The molecule has 6 heteroatoms. The Morgan fingerprint density at radius 2 is 1.91 bits per heavy atom. The van der Waals surface area contributed by atoms with Gasteiger partial charge in [0.1, 0.15) is 0 Å². The van der Waals surface area contributed by atoms with E-state index in [0.29, 0.717) is 5.56 Å². The van der Waals surface area contributed by atoms with Gasteiger partial charge >= 0.3 is 0 Å². The number of benzene rings is 1. The first-order valence-corrected chi connectivity index (χ1v) is 7.01. The molecule has 3 aromatic rings. The molecule has 0 spiro atoms. The van der Waals surface area contributed by atoms with Crippen molar-refractivity contribution in [3.8, 4) is 0 Å². The molecule has 114 valence electrons. The van der Waals surface area contributed by atoms with Gasteiger partial charge in [-0.25, -0.2) is 5.43 Å². The summed E-state index contributed by atoms with van der Waals surface area (Å²) in [5.41, 5.74) is 4.50. The van der Waals surface area contributed by atoms with Crippen LogP contribution >= 0.6 is 0 Å². The average molecular weight is 306 g/mol. The molecule has 2 aromatic heterocycles. The number of nitrogens with zero attached hydrogens (tertiary/aromatic N) is 3. The van der Waals surface area contributed by atoms with Crippen molar-refractivity contribution in [2.75, 3.05) is 0 Å². The minimum Gasteiger partial charge on any atom is -0.287 e. The zero-order valence-electron chi connectivity index (χ0n) is 12.4. The van der Waals surface area contributed by atoms with E-state index in [1.165, 1.54) is 13.1 Å². The summed E-state index contributed by atoms with van der Waals surface area (Å²) in [7, 11) is 0. The Morgan fingerprint density at radius 1 is 1.17 bits per heavy atom. The zero-order chi connectivity index (χ0) is 16.2. The third kappa shape index (κ3) is 3.01. The Morgan fingerprint density at radius 3 is 2.65 bits per heavy atom. The first-order valence-electron chi connectivity index (χ1n) is 7.01. The smallest absolute Gasteiger partial charge is 0.271 e. The maximum atomic E-state index is 11.9. The summed E-state index contributed by atoms with van der Waals surface area (Å²) in [5.74, 6) is -0.402. The number of hydrazone groups is 1. The number of carbonyl (C=O) groups excluding carboxylic acids is 2. The summed E-state index contributed by atoms with van der Waals surface area (Å²) in [6, 6.07) is 10.7. The topological polar surface area (TPSA) is 76.3 Å². The van der Waals surface area contributed by atoms with Crippen LogP contribution in [0.25, 0.3) is 10.9 Å². The van der Waals surface area contributed by atoms with Crippen LogP contribution in [0.5, 0.6) is 0 Å². The van der Waals surface area contributed by atoms with Gasteiger partial charge in [-0.3, -0.25) is 19.1 Å². The van der Waals surface area contributed by atoms with Crippen molar-refractivity contribution in [3.63, 3.8) is 0 Å². The lowest BCUT2D eigenvalue weighted by molar-refractivity contribution is 0.0937. The number of nitrogens with one attached hydrogen (secondary N) is 1. The van der Waals surface area contributed by atoms with E-state index in [1.54, 1.807) is 35.3 Å². The first-order chi connectivity index (χ1) is 11.2. The van der Waals surface area contributed by atoms with Crippen LogP contribution in [0.15, 0.2) is 60.1 Å². The van der Waals surface area contributed by atoms with E-state index in [2.05, 4.69) is 15.5 Å². The number of fused-ring (bicyclic) bond motifs is 1. The number of carbonyl (C=O) groups is 2. The highest BCUT2D eigenvalue weighted by molar-refractivity contribution is 6.03. The fourth-order valence-corrected chi connectivity index (χ4v) is 2.30. The molecule has 0 aliphatic rings. The molecule has 2 heterocycles. The molecule has 1 amide bonds. The van der Waals surface area contributed by atoms with E-state index in [4.69, 9.17) is 0 Å². The van der Waals surface area contributed by atoms with Gasteiger partial charge < -0.3 is 0 Å². The van der Waals surface area contributed by atoms with Gasteiger partial charge in [-0.1, -0.05) is 18.2 Å². The van der Waals surface area contributed by atoms with E-state index in [1.807, 2.05) is 24.3 Å². The van der Waals surface area contributed by atoms with Crippen LogP contribution in [-0.2, 0) is 0 Å². The molecular formula is C17H14N4O2. The SMILES string of the molecule is CC(=O)n1cc(/C=N/NC(=O)c2ccncc2)c2ccccc21. The minimum atomic E-state index is -0.320. The zero-order valence-corrected chi connectivity index (χ0v) is 12.4. The van der Waals surface area contributed by atoms with Crippen molar-refractivity contribution in [1.29, 1.82) is 0 Å². The molecular weight excluding hydrogens is 292 g/mol. The standard InChI is InChI=1S/C17H14N4O2/c1-12(22)21-11-14(15-4-2-3-5-16(15)21)10-19-20-17(23)13-6-8-18-9-7-13/h2-11H,1H3,(H,20,23)/b19-10+. The molecule has 1 N–H and O–H groups in total. The van der Waals surface area contributed by atoms with Gasteiger partial charge in [0.2, 0.25) is 5.91 Å². The molecule has 0 unspecified atom stereocenters. The summed E-state index contributed by atoms with van der Waals surface area (Å²) >= 11 is 0. The highest BCUT2D eigenvalue weighted by atomic mass is 16.2. The first kappa shape index (κ1) is 14.6. The second-order valence-electron chi connectivity index (χ2n) is 4.93. The van der Waals surface area contributed by atoms with Crippen molar-refractivity contribution in [1.82, 2.24) is 15.0 Å². The predicted octanol–water partition coefficient (Wildman–Crippen LogP) is 2.46. The number of rotatable bonds is 3. The highest BCUT2D eigenvalue weighted by Gasteiger charge is 2.09. The Labute approximate surface area is 132 Å². The van der Waals surface area contributed by atoms with Crippen LogP contribution in [0.1, 0.15) is 27.6 Å². The maximum absolute atomic E-state index is 11.9. The monoisotopic (exact) mass is 306 g/mol. The molecule has 0 saturated carbocycles. The maximum Gasteiger partial charge on any atom is 0.271 e. The lowest BCUT2D eigenvalue weighted by atomic mass is 10.2. The second-order valence-corrected chi connectivity index (χ2v) is 4.93. The predicted molar refractivity (Wildman–Crippen MR) is 87.5 cm³/mol. The number of amides is 1. The Hall–Kier alpha value is -3.28. The van der Waals surface area contributed by atoms with Gasteiger partial charge in [-0.2, -0.15) is 5.10 Å². The summed E-state index contributed by atoms with van der Waals surface area (Å²) in [4.78, 5) is 27.4. The van der Waals surface area contributed by atoms with Gasteiger partial charge in [0.25, 0.3) is 5.91 Å². The summed E-state index contributed by atoms with van der Waals surface area (Å²) in [6.07, 6.45) is 6.31. The van der Waals surface area contributed by atoms with Gasteiger partial charge in [0.15, 0.2) is 0 Å². The Bertz CT molecular complexity index is 897. The van der Waals surface area contributed by atoms with Crippen LogP contribution in [0.3, 0.4) is 0 Å². The summed E-state index contributed by atoms with van der Waals surface area (Å²) in [5, 5.41) is 4.86. The van der Waals surface area contributed by atoms with Gasteiger partial charge in [-0.15, -0.1) is 0 Å². The third-order valence-electron chi connectivity index (χ3n) is 3.39. The lowest BCUT2D eigenvalue weighted by Gasteiger charge is -1.98. The number of pyridine rings is 1. The molecule has 1 aromatic carbocycles. The van der Waals surface area contributed by atoms with Crippen molar-refractivity contribution in [2.24, 2.45) is 5.10 Å². The Kier molecular flexibility index (Phi) is 3.97. The molecule has 0 saturated heterocycles. The van der Waals surface area contributed by atoms with Crippen molar-refractivity contribution >= 4 is 28.9 Å². The molecule has 23 heavy (non-hydrogen) atoms. The number of hydrogen-bond donors (Lipinski definition) is 1. The van der Waals surface area contributed by atoms with Crippen LogP contribution in [0, 0.1) is 0 Å². The molecule has 0 atom stereocenters. The number of hydrogen-bond acceptors (Lipinski definition) is 4. The van der Waals surface area contributed by atoms with Crippen LogP contribution < -0.4 is 5.43 Å². The lowest BCUT2D eigenvalue weighted by Crippen LogP contribution is -2.17. The van der Waals surface area contributed by atoms with Gasteiger partial charge in [0.05, 0.1) is 11.7 Å². The second kappa shape index (κ2) is 6.23. The van der Waals surface area contributed by atoms with Crippen molar-refractivity contribution < 1.29 is 9.59 Å². The van der Waals surface area contributed by atoms with E-state index >= 15 is 0 Å². The van der Waals surface area contributed by atoms with E-state index < -0.39 is 0 Å². The van der Waals surface area contributed by atoms with Crippen molar-refractivity contribution in [3.05, 3.63) is 66.1 Å². The number of aromatic nitrogens is 2. The van der Waals surface area contributed by atoms with E-state index in [9.17, 15) is 9.59 Å². The third-order valence-corrected chi connectivity index (χ3v) is 3.39. The van der Waals surface area contributed by atoms with Crippen molar-refractivity contribution in [2.45, 2.75) is 6.92 Å². The highest BCUT2D eigenvalue weighted by Crippen LogP contribution is 2.19. The van der Waals surface area contributed by atoms with E-state index in [0.717, 1.165) is 16.5 Å². The molecule has 0 aliphatic carbocycles. The minimum absolute atomic E-state index is 0.0818. The van der Waals surface area contributed by atoms with Gasteiger partial charge in [0, 0.05) is 42.0 Å². The summed E-state index contributed by atoms with van der Waals surface area (Å²) < 4.78 is 1.56. The normalized spacial score (nSPS) is 11.0. The van der Waals surface area contributed by atoms with Crippen LogP contribution in [0.4, 0.5) is 0 Å². The largest absolute Gasteiger partial charge is 0.287 e. The van der Waals surface area contributed by atoms with Crippen LogP contribution in [0.2, 0.25) is 0 Å². The molecule has 0 bridgehead atoms. The van der Waals surface area contributed by atoms with Crippen LogP contribution in [-0.4, -0.2) is 27.6 Å². The quantitative estimate of drug-likeness (QED) is 0.596.